The van der Waals surface area contributed by atoms with E-state index in [1.165, 1.54) is 7.11 Å². The normalized spacial score (nSPS) is 10.2. The molecular weight excluding hydrogens is 273 g/mol. The Morgan fingerprint density at radius 1 is 1.06 bits per heavy atom. The topological polar surface area (TPSA) is 39.2 Å². The van der Waals surface area contributed by atoms with Gasteiger partial charge in [0, 0.05) is 0 Å². The number of nitrogens with zero attached hydrogens (tertiary/aromatic N) is 1. The van der Waals surface area contributed by atoms with Crippen molar-refractivity contribution in [1.82, 2.24) is 4.98 Å². The standard InChI is InChI=1S/C13H9Cl2NO2/c1-18-13(17)9-4-2-8(3-5-9)10-6-11(14)16-12(15)7-10/h2-7H,1H3. The van der Waals surface area contributed by atoms with Gasteiger partial charge >= 0.3 is 5.97 Å². The minimum absolute atomic E-state index is 0.328. The highest BCUT2D eigenvalue weighted by Gasteiger charge is 2.06. The first kappa shape index (κ1) is 12.9. The zero-order valence-corrected chi connectivity index (χ0v) is 11.0. The summed E-state index contributed by atoms with van der Waals surface area (Å²) in [6.07, 6.45) is 0. The molecule has 3 nitrogen and oxygen atoms in total. The molecule has 0 unspecified atom stereocenters. The summed E-state index contributed by atoms with van der Waals surface area (Å²) in [6, 6.07) is 10.4. The molecule has 0 saturated heterocycles. The smallest absolute Gasteiger partial charge is 0.337 e. The number of rotatable bonds is 2. The number of benzene rings is 1. The van der Waals surface area contributed by atoms with Crippen LogP contribution in [0, 0.1) is 0 Å². The van der Waals surface area contributed by atoms with Gasteiger partial charge in [-0.3, -0.25) is 0 Å². The minimum atomic E-state index is -0.368. The Labute approximate surface area is 114 Å². The van der Waals surface area contributed by atoms with Crippen LogP contribution in [0.1, 0.15) is 10.4 Å². The Hall–Kier alpha value is -1.58. The lowest BCUT2D eigenvalue weighted by Crippen LogP contribution is -2.00. The quantitative estimate of drug-likeness (QED) is 0.620. The Bertz CT molecular complexity index is 562. The summed E-state index contributed by atoms with van der Waals surface area (Å²) in [5, 5.41) is 0.657. The lowest BCUT2D eigenvalue weighted by Gasteiger charge is -2.04. The molecule has 0 fully saturated rings. The highest BCUT2D eigenvalue weighted by molar-refractivity contribution is 6.32. The summed E-state index contributed by atoms with van der Waals surface area (Å²) in [5.41, 5.74) is 2.23. The number of ether oxygens (including phenoxy) is 1. The van der Waals surface area contributed by atoms with Gasteiger partial charge in [0.2, 0.25) is 0 Å². The lowest BCUT2D eigenvalue weighted by atomic mass is 10.1. The zero-order chi connectivity index (χ0) is 13.1. The molecule has 1 aromatic heterocycles. The fourth-order valence-electron chi connectivity index (χ4n) is 1.55. The molecule has 0 spiro atoms. The van der Waals surface area contributed by atoms with E-state index in [-0.39, 0.29) is 5.97 Å². The lowest BCUT2D eigenvalue weighted by molar-refractivity contribution is 0.0601. The van der Waals surface area contributed by atoms with Crippen LogP contribution < -0.4 is 0 Å². The second-order valence-electron chi connectivity index (χ2n) is 3.57. The van der Waals surface area contributed by atoms with Gasteiger partial charge in [-0.05, 0) is 35.4 Å². The van der Waals surface area contributed by atoms with Crippen LogP contribution in [0.15, 0.2) is 36.4 Å². The van der Waals surface area contributed by atoms with Gasteiger partial charge in [0.05, 0.1) is 12.7 Å². The number of carbonyl (C=O) groups is 1. The molecule has 1 aromatic carbocycles. The summed E-state index contributed by atoms with van der Waals surface area (Å²) >= 11 is 11.7. The first-order valence-corrected chi connectivity index (χ1v) is 5.87. The fraction of sp³-hybridized carbons (Fsp3) is 0.0769. The largest absolute Gasteiger partial charge is 0.465 e. The average Bonchev–Trinajstić information content (AvgIpc) is 2.37. The summed E-state index contributed by atoms with van der Waals surface area (Å²) in [4.78, 5) is 15.2. The van der Waals surface area contributed by atoms with Gasteiger partial charge in [-0.2, -0.15) is 0 Å². The molecule has 0 saturated carbocycles. The molecule has 0 radical (unpaired) electrons. The monoisotopic (exact) mass is 281 g/mol. The third kappa shape index (κ3) is 2.81. The summed E-state index contributed by atoms with van der Waals surface area (Å²) in [6.45, 7) is 0. The molecule has 0 aliphatic carbocycles. The van der Waals surface area contributed by atoms with E-state index in [4.69, 9.17) is 23.2 Å². The molecule has 2 rings (SSSR count). The first-order chi connectivity index (χ1) is 8.60. The van der Waals surface area contributed by atoms with Crippen LogP contribution in [-0.2, 0) is 4.74 Å². The predicted octanol–water partition coefficient (Wildman–Crippen LogP) is 3.84. The highest BCUT2D eigenvalue weighted by Crippen LogP contribution is 2.25. The van der Waals surface area contributed by atoms with Crippen LogP contribution in [0.2, 0.25) is 10.3 Å². The Morgan fingerprint density at radius 2 is 1.61 bits per heavy atom. The van der Waals surface area contributed by atoms with E-state index in [9.17, 15) is 4.79 Å². The van der Waals surface area contributed by atoms with E-state index in [1.54, 1.807) is 36.4 Å². The number of aromatic nitrogens is 1. The Kier molecular flexibility index (Phi) is 3.84. The van der Waals surface area contributed by atoms with Crippen LogP contribution in [0.5, 0.6) is 0 Å². The molecule has 0 aliphatic rings. The second-order valence-corrected chi connectivity index (χ2v) is 4.34. The average molecular weight is 282 g/mol. The molecule has 92 valence electrons. The van der Waals surface area contributed by atoms with Crippen molar-refractivity contribution in [3.63, 3.8) is 0 Å². The maximum Gasteiger partial charge on any atom is 0.337 e. The molecule has 5 heteroatoms. The SMILES string of the molecule is COC(=O)c1ccc(-c2cc(Cl)nc(Cl)c2)cc1. The maximum atomic E-state index is 11.3. The number of carbonyl (C=O) groups excluding carboxylic acids is 1. The Morgan fingerprint density at radius 3 is 2.11 bits per heavy atom. The van der Waals surface area contributed by atoms with E-state index in [0.29, 0.717) is 15.9 Å². The number of esters is 1. The minimum Gasteiger partial charge on any atom is -0.465 e. The summed E-state index contributed by atoms with van der Waals surface area (Å²) in [7, 11) is 1.35. The third-order valence-corrected chi connectivity index (χ3v) is 2.79. The number of halogens is 2. The van der Waals surface area contributed by atoms with Crippen molar-refractivity contribution in [3.8, 4) is 11.1 Å². The van der Waals surface area contributed by atoms with Crippen molar-refractivity contribution in [2.45, 2.75) is 0 Å². The zero-order valence-electron chi connectivity index (χ0n) is 9.48. The van der Waals surface area contributed by atoms with Crippen molar-refractivity contribution in [1.29, 1.82) is 0 Å². The van der Waals surface area contributed by atoms with E-state index < -0.39 is 0 Å². The third-order valence-electron chi connectivity index (χ3n) is 2.40. The van der Waals surface area contributed by atoms with Crippen LogP contribution in [0.25, 0.3) is 11.1 Å². The van der Waals surface area contributed by atoms with Crippen LogP contribution in [0.3, 0.4) is 0 Å². The van der Waals surface area contributed by atoms with Gasteiger partial charge in [0.25, 0.3) is 0 Å². The van der Waals surface area contributed by atoms with E-state index in [0.717, 1.165) is 11.1 Å². The summed E-state index contributed by atoms with van der Waals surface area (Å²) < 4.78 is 4.63. The van der Waals surface area contributed by atoms with Crippen molar-refractivity contribution >= 4 is 29.2 Å². The second kappa shape index (κ2) is 5.38. The molecule has 0 atom stereocenters. The van der Waals surface area contributed by atoms with Gasteiger partial charge in [0.1, 0.15) is 10.3 Å². The summed E-state index contributed by atoms with van der Waals surface area (Å²) in [5.74, 6) is -0.368. The van der Waals surface area contributed by atoms with E-state index >= 15 is 0 Å². The van der Waals surface area contributed by atoms with Gasteiger partial charge in [0.15, 0.2) is 0 Å². The molecule has 2 aromatic rings. The molecular formula is C13H9Cl2NO2. The van der Waals surface area contributed by atoms with Crippen molar-refractivity contribution in [2.24, 2.45) is 0 Å². The molecule has 0 N–H and O–H groups in total. The van der Waals surface area contributed by atoms with Crippen molar-refractivity contribution < 1.29 is 9.53 Å². The van der Waals surface area contributed by atoms with Gasteiger partial charge in [-0.15, -0.1) is 0 Å². The van der Waals surface area contributed by atoms with Gasteiger partial charge in [-0.25, -0.2) is 9.78 Å². The first-order valence-electron chi connectivity index (χ1n) is 5.12. The highest BCUT2D eigenvalue weighted by atomic mass is 35.5. The number of hydrogen-bond acceptors (Lipinski definition) is 3. The van der Waals surface area contributed by atoms with Crippen LogP contribution in [0.4, 0.5) is 0 Å². The van der Waals surface area contributed by atoms with Crippen LogP contribution >= 0.6 is 23.2 Å². The number of pyridine rings is 1. The van der Waals surface area contributed by atoms with E-state index in [2.05, 4.69) is 9.72 Å². The molecule has 1 heterocycles. The fourth-order valence-corrected chi connectivity index (χ4v) is 2.01. The molecule has 0 bridgehead atoms. The Balaban J connectivity index is 2.37. The van der Waals surface area contributed by atoms with Crippen molar-refractivity contribution in [3.05, 3.63) is 52.3 Å². The molecule has 0 aliphatic heterocycles. The molecule has 18 heavy (non-hydrogen) atoms. The maximum absolute atomic E-state index is 11.3. The van der Waals surface area contributed by atoms with Crippen LogP contribution in [-0.4, -0.2) is 18.1 Å². The molecule has 0 amide bonds. The van der Waals surface area contributed by atoms with Crippen molar-refractivity contribution in [2.75, 3.05) is 7.11 Å². The van der Waals surface area contributed by atoms with E-state index in [1.807, 2.05) is 0 Å². The number of hydrogen-bond donors (Lipinski definition) is 0. The van der Waals surface area contributed by atoms with Gasteiger partial charge in [-0.1, -0.05) is 35.3 Å². The van der Waals surface area contributed by atoms with Gasteiger partial charge < -0.3 is 4.74 Å². The number of methoxy groups -OCH3 is 1. The predicted molar refractivity (Wildman–Crippen MR) is 71.0 cm³/mol.